The molecule has 3 N–H and O–H groups in total. The first-order valence-electron chi connectivity index (χ1n) is 4.85. The van der Waals surface area contributed by atoms with Crippen molar-refractivity contribution < 1.29 is 14.3 Å². The summed E-state index contributed by atoms with van der Waals surface area (Å²) in [6.07, 6.45) is 1.25. The lowest BCUT2D eigenvalue weighted by Crippen LogP contribution is -2.13. The van der Waals surface area contributed by atoms with Gasteiger partial charge in [0.25, 0.3) is 5.91 Å². The summed E-state index contributed by atoms with van der Waals surface area (Å²) < 4.78 is 12.8. The van der Waals surface area contributed by atoms with Crippen LogP contribution in [-0.2, 0) is 0 Å². The number of benzene rings is 1. The molecule has 1 heterocycles. The average molecular weight is 246 g/mol. The van der Waals surface area contributed by atoms with Gasteiger partial charge in [0.05, 0.1) is 11.8 Å². The highest BCUT2D eigenvalue weighted by Crippen LogP contribution is 2.20. The van der Waals surface area contributed by atoms with Crippen LogP contribution in [0.5, 0.6) is 5.75 Å². The Bertz CT molecular complexity index is 645. The maximum Gasteiger partial charge on any atom is 0.260 e. The Morgan fingerprint density at radius 3 is 3.00 bits per heavy atom. The Morgan fingerprint density at radius 1 is 1.56 bits per heavy atom. The van der Waals surface area contributed by atoms with Crippen LogP contribution in [0.4, 0.5) is 10.2 Å². The van der Waals surface area contributed by atoms with Crippen LogP contribution in [0.2, 0.25) is 0 Å². The number of rotatable bonds is 2. The third-order valence-electron chi connectivity index (χ3n) is 2.20. The summed E-state index contributed by atoms with van der Waals surface area (Å²) in [4.78, 5) is 11.8. The van der Waals surface area contributed by atoms with Crippen LogP contribution < -0.4 is 5.32 Å². The molecule has 0 aliphatic heterocycles. The van der Waals surface area contributed by atoms with Gasteiger partial charge in [-0.25, -0.2) is 4.39 Å². The number of nitrogens with one attached hydrogen (secondary N) is 2. The van der Waals surface area contributed by atoms with E-state index in [0.29, 0.717) is 0 Å². The number of hydrogen-bond acceptors (Lipinski definition) is 4. The van der Waals surface area contributed by atoms with Gasteiger partial charge in [-0.2, -0.15) is 10.4 Å². The summed E-state index contributed by atoms with van der Waals surface area (Å²) in [5.41, 5.74) is 0.0554. The van der Waals surface area contributed by atoms with Crippen molar-refractivity contribution in [3.05, 3.63) is 41.3 Å². The van der Waals surface area contributed by atoms with E-state index < -0.39 is 17.5 Å². The fourth-order valence-electron chi connectivity index (χ4n) is 1.34. The quantitative estimate of drug-likeness (QED) is 0.744. The van der Waals surface area contributed by atoms with Gasteiger partial charge in [-0.1, -0.05) is 0 Å². The number of anilines is 1. The van der Waals surface area contributed by atoms with E-state index in [-0.39, 0.29) is 16.9 Å². The van der Waals surface area contributed by atoms with E-state index in [9.17, 15) is 14.3 Å². The summed E-state index contributed by atoms with van der Waals surface area (Å²) in [6.45, 7) is 0. The number of amides is 1. The van der Waals surface area contributed by atoms with Crippen molar-refractivity contribution in [2.75, 3.05) is 5.32 Å². The maximum absolute atomic E-state index is 12.8. The van der Waals surface area contributed by atoms with E-state index in [2.05, 4.69) is 15.5 Å². The first-order chi connectivity index (χ1) is 8.61. The van der Waals surface area contributed by atoms with E-state index in [1.54, 1.807) is 0 Å². The molecular formula is C11H7FN4O2. The number of aromatic nitrogens is 2. The average Bonchev–Trinajstić information content (AvgIpc) is 2.76. The van der Waals surface area contributed by atoms with Gasteiger partial charge in [0.15, 0.2) is 0 Å². The van der Waals surface area contributed by atoms with Gasteiger partial charge in [-0.05, 0) is 12.1 Å². The second-order valence-corrected chi connectivity index (χ2v) is 3.39. The number of carbonyl (C=O) groups excluding carboxylic acids is 1. The van der Waals surface area contributed by atoms with Crippen LogP contribution in [0.25, 0.3) is 0 Å². The number of H-pyrrole nitrogens is 1. The smallest absolute Gasteiger partial charge is 0.260 e. The van der Waals surface area contributed by atoms with Crippen molar-refractivity contribution in [3.8, 4) is 11.8 Å². The monoisotopic (exact) mass is 246 g/mol. The van der Waals surface area contributed by atoms with Crippen molar-refractivity contribution >= 4 is 11.7 Å². The predicted octanol–water partition coefficient (Wildman–Crippen LogP) is 1.38. The molecule has 0 atom stereocenters. The van der Waals surface area contributed by atoms with Crippen molar-refractivity contribution in [3.63, 3.8) is 0 Å². The molecule has 0 aliphatic carbocycles. The minimum absolute atomic E-state index is 0.102. The molecule has 0 fully saturated rings. The van der Waals surface area contributed by atoms with Crippen LogP contribution in [0.1, 0.15) is 15.9 Å². The summed E-state index contributed by atoms with van der Waals surface area (Å²) in [7, 11) is 0. The van der Waals surface area contributed by atoms with E-state index in [1.165, 1.54) is 6.20 Å². The molecule has 6 nitrogen and oxygen atoms in total. The predicted molar refractivity (Wildman–Crippen MR) is 59.3 cm³/mol. The van der Waals surface area contributed by atoms with Crippen molar-refractivity contribution in [2.24, 2.45) is 0 Å². The number of phenolic OH excluding ortho intramolecular Hbond substituents is 1. The number of aromatic hydroxyl groups is 1. The number of nitriles is 1. The van der Waals surface area contributed by atoms with Gasteiger partial charge in [-0.15, -0.1) is 0 Å². The number of phenols is 1. The first kappa shape index (κ1) is 11.6. The highest BCUT2D eigenvalue weighted by molar-refractivity contribution is 6.06. The minimum atomic E-state index is -0.673. The van der Waals surface area contributed by atoms with E-state index in [0.717, 1.165) is 18.2 Å². The molecule has 0 unspecified atom stereocenters. The highest BCUT2D eigenvalue weighted by Gasteiger charge is 2.14. The largest absolute Gasteiger partial charge is 0.507 e. The van der Waals surface area contributed by atoms with E-state index >= 15 is 0 Å². The molecule has 90 valence electrons. The molecule has 0 spiro atoms. The molecule has 0 saturated heterocycles. The zero-order valence-electron chi connectivity index (χ0n) is 8.94. The van der Waals surface area contributed by atoms with Crippen molar-refractivity contribution in [2.45, 2.75) is 0 Å². The summed E-state index contributed by atoms with van der Waals surface area (Å²) in [6, 6.07) is 4.84. The summed E-state index contributed by atoms with van der Waals surface area (Å²) in [5, 5.41) is 26.5. The Morgan fingerprint density at radius 2 is 2.33 bits per heavy atom. The van der Waals surface area contributed by atoms with Crippen molar-refractivity contribution in [1.29, 1.82) is 5.26 Å². The van der Waals surface area contributed by atoms with E-state index in [4.69, 9.17) is 5.26 Å². The maximum atomic E-state index is 12.8. The molecule has 1 amide bonds. The number of carbonyl (C=O) groups is 1. The third-order valence-corrected chi connectivity index (χ3v) is 2.20. The summed E-state index contributed by atoms with van der Waals surface area (Å²) in [5.74, 6) is -1.69. The van der Waals surface area contributed by atoms with Gasteiger partial charge in [0.1, 0.15) is 29.0 Å². The van der Waals surface area contributed by atoms with Crippen LogP contribution in [-0.4, -0.2) is 21.2 Å². The number of hydrogen-bond donors (Lipinski definition) is 3. The number of nitrogens with zero attached hydrogens (tertiary/aromatic N) is 2. The molecule has 1 aromatic heterocycles. The topological polar surface area (TPSA) is 102 Å². The van der Waals surface area contributed by atoms with E-state index in [1.807, 2.05) is 6.07 Å². The standard InChI is InChI=1S/C11H7FN4O2/c12-7-1-2-8(9(17)3-7)11(18)15-10-6(4-13)5-14-16-10/h1-3,5,17H,(H2,14,15,16,18). The van der Waals surface area contributed by atoms with Gasteiger partial charge in [0.2, 0.25) is 0 Å². The molecule has 2 rings (SSSR count). The lowest BCUT2D eigenvalue weighted by Gasteiger charge is -2.05. The van der Waals surface area contributed by atoms with Gasteiger partial charge in [0, 0.05) is 6.07 Å². The fraction of sp³-hybridized carbons (Fsp3) is 0. The second kappa shape index (κ2) is 4.55. The molecule has 0 aliphatic rings. The Kier molecular flexibility index (Phi) is 2.93. The van der Waals surface area contributed by atoms with Crippen LogP contribution in [0.15, 0.2) is 24.4 Å². The highest BCUT2D eigenvalue weighted by atomic mass is 19.1. The lowest BCUT2D eigenvalue weighted by molar-refractivity contribution is 0.102. The van der Waals surface area contributed by atoms with Gasteiger partial charge < -0.3 is 10.4 Å². The molecule has 18 heavy (non-hydrogen) atoms. The minimum Gasteiger partial charge on any atom is -0.507 e. The van der Waals surface area contributed by atoms with Gasteiger partial charge >= 0.3 is 0 Å². The Labute approximate surface area is 101 Å². The van der Waals surface area contributed by atoms with Crippen LogP contribution >= 0.6 is 0 Å². The molecule has 0 radical (unpaired) electrons. The summed E-state index contributed by atoms with van der Waals surface area (Å²) >= 11 is 0. The fourth-order valence-corrected chi connectivity index (χ4v) is 1.34. The third kappa shape index (κ3) is 2.12. The van der Waals surface area contributed by atoms with Gasteiger partial charge in [-0.3, -0.25) is 9.89 Å². The zero-order chi connectivity index (χ0) is 13.1. The van der Waals surface area contributed by atoms with Crippen LogP contribution in [0, 0.1) is 17.1 Å². The Balaban J connectivity index is 2.25. The lowest BCUT2D eigenvalue weighted by atomic mass is 10.2. The van der Waals surface area contributed by atoms with Crippen molar-refractivity contribution in [1.82, 2.24) is 10.2 Å². The number of aromatic amines is 1. The molecule has 1 aromatic carbocycles. The molecule has 0 bridgehead atoms. The van der Waals surface area contributed by atoms with Crippen LogP contribution in [0.3, 0.4) is 0 Å². The Hall–Kier alpha value is -2.88. The SMILES string of the molecule is N#Cc1cn[nH]c1NC(=O)c1ccc(F)cc1O. The molecule has 2 aromatic rings. The second-order valence-electron chi connectivity index (χ2n) is 3.39. The normalized spacial score (nSPS) is 9.78. The zero-order valence-corrected chi connectivity index (χ0v) is 8.94. The number of halogens is 1. The molecule has 0 saturated carbocycles. The molecule has 7 heteroatoms. The molecular weight excluding hydrogens is 239 g/mol. The first-order valence-corrected chi connectivity index (χ1v) is 4.85.